The molecule has 0 saturated heterocycles. The van der Waals surface area contributed by atoms with Crippen LogP contribution in [0, 0.1) is 0 Å². The lowest BCUT2D eigenvalue weighted by atomic mass is 9.76. The van der Waals surface area contributed by atoms with Gasteiger partial charge in [-0.3, -0.25) is 0 Å². The van der Waals surface area contributed by atoms with Gasteiger partial charge in [0.15, 0.2) is 0 Å². The fourth-order valence-corrected chi connectivity index (χ4v) is 2.50. The summed E-state index contributed by atoms with van der Waals surface area (Å²) < 4.78 is 93.4. The highest BCUT2D eigenvalue weighted by molar-refractivity contribution is 5.56. The van der Waals surface area contributed by atoms with Gasteiger partial charge in [0.05, 0.1) is 11.4 Å². The number of hydrogen-bond acceptors (Lipinski definition) is 6. The highest BCUT2D eigenvalue weighted by atomic mass is 19.3. The van der Waals surface area contributed by atoms with Gasteiger partial charge in [0, 0.05) is 12.1 Å². The molecule has 3 rings (SSSR count). The Labute approximate surface area is 152 Å². The maximum Gasteiger partial charge on any atom is 0.395 e. The van der Waals surface area contributed by atoms with Crippen LogP contribution in [0.3, 0.4) is 0 Å². The van der Waals surface area contributed by atoms with E-state index in [4.69, 9.17) is 11.5 Å². The maximum atomic E-state index is 14.9. The zero-order valence-electron chi connectivity index (χ0n) is 13.6. The van der Waals surface area contributed by atoms with Crippen LogP contribution in [0.5, 0.6) is 23.0 Å². The van der Waals surface area contributed by atoms with Crippen molar-refractivity contribution in [1.82, 2.24) is 0 Å². The number of rotatable bonds is 4. The van der Waals surface area contributed by atoms with Gasteiger partial charge in [-0.15, -0.1) is 0 Å². The van der Waals surface area contributed by atoms with Gasteiger partial charge in [-0.05, 0) is 24.3 Å². The van der Waals surface area contributed by atoms with Gasteiger partial charge in [-0.2, -0.15) is 26.3 Å². The van der Waals surface area contributed by atoms with Crippen molar-refractivity contribution in [2.75, 3.05) is 11.5 Å². The largest absolute Gasteiger partial charge is 0.506 e. The summed E-state index contributed by atoms with van der Waals surface area (Å²) in [4.78, 5) is 0. The van der Waals surface area contributed by atoms with Crippen molar-refractivity contribution >= 4 is 11.4 Å². The van der Waals surface area contributed by atoms with Crippen molar-refractivity contribution in [2.45, 2.75) is 23.6 Å². The lowest BCUT2D eigenvalue weighted by molar-refractivity contribution is -0.527. The van der Waals surface area contributed by atoms with E-state index in [0.29, 0.717) is 12.1 Å². The minimum absolute atomic E-state index is 0.258. The Hall–Kier alpha value is -3.18. The van der Waals surface area contributed by atoms with Crippen molar-refractivity contribution in [1.29, 1.82) is 0 Å². The third kappa shape index (κ3) is 2.29. The molecule has 2 atom stereocenters. The summed E-state index contributed by atoms with van der Waals surface area (Å²) in [6.07, 6.45) is 0. The van der Waals surface area contributed by atoms with E-state index >= 15 is 0 Å². The van der Waals surface area contributed by atoms with Crippen molar-refractivity contribution in [2.24, 2.45) is 0 Å². The second-order valence-corrected chi connectivity index (χ2v) is 5.98. The van der Waals surface area contributed by atoms with Crippen molar-refractivity contribution in [3.63, 3.8) is 0 Å². The molecule has 1 fully saturated rings. The zero-order chi connectivity index (χ0) is 21.1. The molecule has 0 heterocycles. The minimum Gasteiger partial charge on any atom is -0.506 e. The van der Waals surface area contributed by atoms with Crippen LogP contribution >= 0.6 is 0 Å². The molecule has 6 N–H and O–H groups in total. The summed E-state index contributed by atoms with van der Waals surface area (Å²) in [6.45, 7) is 0. The molecule has 0 aliphatic heterocycles. The van der Waals surface area contributed by atoms with E-state index in [-0.39, 0.29) is 11.4 Å². The number of halogens is 6. The Kier molecular flexibility index (Phi) is 3.96. The van der Waals surface area contributed by atoms with Crippen LogP contribution in [-0.4, -0.2) is 33.8 Å². The number of phenols is 2. The number of benzene rings is 2. The Morgan fingerprint density at radius 2 is 0.964 bits per heavy atom. The molecule has 0 radical (unpaired) electrons. The lowest BCUT2D eigenvalue weighted by Crippen LogP contribution is -2.89. The van der Waals surface area contributed by atoms with E-state index in [1.807, 2.05) is 0 Å². The number of alkyl halides is 6. The fourth-order valence-electron chi connectivity index (χ4n) is 2.50. The number of ether oxygens (including phenoxy) is 2. The molecular weight excluding hydrogens is 398 g/mol. The number of anilines is 2. The number of aromatic hydroxyl groups is 2. The van der Waals surface area contributed by atoms with Crippen LogP contribution in [0.4, 0.5) is 37.7 Å². The topological polar surface area (TPSA) is 111 Å². The van der Waals surface area contributed by atoms with Gasteiger partial charge < -0.3 is 31.2 Å². The molecule has 12 heteroatoms. The smallest absolute Gasteiger partial charge is 0.395 e. The van der Waals surface area contributed by atoms with Crippen LogP contribution in [0.15, 0.2) is 36.4 Å². The van der Waals surface area contributed by atoms with Gasteiger partial charge in [0.2, 0.25) is 0 Å². The van der Waals surface area contributed by atoms with Crippen LogP contribution < -0.4 is 20.9 Å². The molecular formula is C16H12F6N2O4. The van der Waals surface area contributed by atoms with Gasteiger partial charge >= 0.3 is 23.6 Å². The van der Waals surface area contributed by atoms with Crippen LogP contribution in [0.25, 0.3) is 0 Å². The van der Waals surface area contributed by atoms with Gasteiger partial charge in [0.1, 0.15) is 23.0 Å². The first-order valence-electron chi connectivity index (χ1n) is 7.45. The van der Waals surface area contributed by atoms with E-state index < -0.39 is 46.6 Å². The number of nitrogen functional groups attached to an aromatic ring is 2. The quantitative estimate of drug-likeness (QED) is 0.350. The molecule has 0 aromatic heterocycles. The van der Waals surface area contributed by atoms with Crippen LogP contribution in [-0.2, 0) is 0 Å². The highest BCUT2D eigenvalue weighted by Gasteiger charge is 3.03. The van der Waals surface area contributed by atoms with Gasteiger partial charge in [-0.25, -0.2) is 0 Å². The van der Waals surface area contributed by atoms with Gasteiger partial charge in [-0.1, -0.05) is 0 Å². The summed E-state index contributed by atoms with van der Waals surface area (Å²) in [5.41, 5.74) is 10.0. The summed E-state index contributed by atoms with van der Waals surface area (Å²) in [5.74, 6) is -24.6. The second kappa shape index (κ2) is 5.66. The highest BCUT2D eigenvalue weighted by Crippen LogP contribution is 2.68. The molecule has 2 aromatic carbocycles. The average Bonchev–Trinajstić information content (AvgIpc) is 2.60. The molecule has 6 nitrogen and oxygen atoms in total. The van der Waals surface area contributed by atoms with Crippen LogP contribution in [0.2, 0.25) is 0 Å². The third-order valence-corrected chi connectivity index (χ3v) is 4.14. The number of hydrogen-bond donors (Lipinski definition) is 4. The molecule has 1 aliphatic carbocycles. The predicted molar refractivity (Wildman–Crippen MR) is 83.9 cm³/mol. The van der Waals surface area contributed by atoms with E-state index in [2.05, 4.69) is 9.47 Å². The molecule has 0 amide bonds. The molecule has 2 aromatic rings. The SMILES string of the molecule is Nc1ccc(OC2(F)C(F)(F)C(F)(F)C2(F)Oc2ccc(N)c(O)c2)cc1O. The predicted octanol–water partition coefficient (Wildman–Crippen LogP) is 3.34. The van der Waals surface area contributed by atoms with E-state index in [0.717, 1.165) is 24.3 Å². The molecule has 1 saturated carbocycles. The second-order valence-electron chi connectivity index (χ2n) is 5.98. The number of nitrogens with two attached hydrogens (primary N) is 2. The standard InChI is InChI=1S/C16H12F6N2O4/c17-13(18)14(19,20)16(22,28-8-2-4-10(24)12(26)6-8)15(13,21)27-7-1-3-9(23)11(25)5-7/h1-6,25-26H,23-24H2. The third-order valence-electron chi connectivity index (χ3n) is 4.14. The molecule has 28 heavy (non-hydrogen) atoms. The van der Waals surface area contributed by atoms with Crippen LogP contribution in [0.1, 0.15) is 0 Å². The van der Waals surface area contributed by atoms with Gasteiger partial charge in [0.25, 0.3) is 0 Å². The Morgan fingerprint density at radius 3 is 1.25 bits per heavy atom. The molecule has 0 bridgehead atoms. The molecule has 2 unspecified atom stereocenters. The fraction of sp³-hybridized carbons (Fsp3) is 0.250. The summed E-state index contributed by atoms with van der Waals surface area (Å²) in [5, 5.41) is 18.8. The first kappa shape index (κ1) is 19.6. The molecule has 1 aliphatic rings. The molecule has 152 valence electrons. The van der Waals surface area contributed by atoms with Crippen molar-refractivity contribution in [3.05, 3.63) is 36.4 Å². The monoisotopic (exact) mass is 410 g/mol. The van der Waals surface area contributed by atoms with Crippen molar-refractivity contribution < 1.29 is 46.0 Å². The van der Waals surface area contributed by atoms with E-state index in [9.17, 15) is 36.6 Å². The zero-order valence-corrected chi connectivity index (χ0v) is 13.6. The first-order chi connectivity index (χ1) is 12.8. The lowest BCUT2D eigenvalue weighted by Gasteiger charge is -2.55. The number of phenolic OH excluding ortho intramolecular Hbond substituents is 2. The summed E-state index contributed by atoms with van der Waals surface area (Å²) in [7, 11) is 0. The average molecular weight is 410 g/mol. The Morgan fingerprint density at radius 1 is 0.643 bits per heavy atom. The normalized spacial score (nSPS) is 27.6. The molecule has 0 spiro atoms. The summed E-state index contributed by atoms with van der Waals surface area (Å²) >= 11 is 0. The van der Waals surface area contributed by atoms with E-state index in [1.165, 1.54) is 0 Å². The maximum absolute atomic E-state index is 14.9. The van der Waals surface area contributed by atoms with E-state index in [1.54, 1.807) is 0 Å². The Bertz CT molecular complexity index is 868. The first-order valence-corrected chi connectivity index (χ1v) is 7.45. The summed E-state index contributed by atoms with van der Waals surface area (Å²) in [6, 6.07) is 4.33. The minimum atomic E-state index is -5.65. The Balaban J connectivity index is 2.02. The van der Waals surface area contributed by atoms with Crippen molar-refractivity contribution in [3.8, 4) is 23.0 Å².